The zero-order valence-corrected chi connectivity index (χ0v) is 8.31. The van der Waals surface area contributed by atoms with Gasteiger partial charge in [0.1, 0.15) is 0 Å². The maximum Gasteiger partial charge on any atom is 0.0235 e. The average Bonchev–Trinajstić information content (AvgIpc) is 1.54. The Labute approximate surface area is 65.5 Å². The molecule has 0 aromatic heterocycles. The third-order valence-corrected chi connectivity index (χ3v) is 2.67. The third-order valence-electron chi connectivity index (χ3n) is 1.67. The molecule has 0 unspecified atom stereocenters. The number of rotatable bonds is 0. The molecular weight excluding hydrogens is 143 g/mol. The van der Waals surface area contributed by atoms with E-state index in [1.54, 1.807) is 0 Å². The minimum absolute atomic E-state index is 0.481. The lowest BCUT2D eigenvalue weighted by Crippen LogP contribution is -2.41. The molecule has 0 bridgehead atoms. The second-order valence-electron chi connectivity index (χ2n) is 3.98. The monoisotopic (exact) mass is 160 g/mol. The minimum atomic E-state index is 0.481. The van der Waals surface area contributed by atoms with Crippen LogP contribution in [0.25, 0.3) is 0 Å². The van der Waals surface area contributed by atoms with Crippen molar-refractivity contribution in [3.05, 3.63) is 0 Å². The summed E-state index contributed by atoms with van der Waals surface area (Å²) in [5.41, 5.74) is 0.481. The van der Waals surface area contributed by atoms with Gasteiger partial charge in [-0.25, -0.2) is 0 Å². The van der Waals surface area contributed by atoms with Crippen LogP contribution in [0, 0.1) is 5.41 Å². The highest BCUT2D eigenvalue weighted by molar-refractivity contribution is 7.32. The van der Waals surface area contributed by atoms with E-state index in [1.807, 2.05) is 0 Å². The van der Waals surface area contributed by atoms with Crippen molar-refractivity contribution in [2.75, 3.05) is 27.2 Å². The summed E-state index contributed by atoms with van der Waals surface area (Å²) < 4.78 is 4.78. The Morgan fingerprint density at radius 1 is 1.10 bits per heavy atom. The smallest absolute Gasteiger partial charge is 0.0235 e. The zero-order valence-electron chi connectivity index (χ0n) is 7.31. The highest BCUT2D eigenvalue weighted by Crippen LogP contribution is 2.34. The quantitative estimate of drug-likeness (QED) is 0.494. The molecule has 1 heterocycles. The standard InChI is InChI=1S/C7H17N2P/c1-7(2)5-8(3)10-9(4)6-7/h10H,5-6H2,1-4H3. The summed E-state index contributed by atoms with van der Waals surface area (Å²) in [6, 6.07) is 0. The number of nitrogens with zero attached hydrogens (tertiary/aromatic N) is 2. The van der Waals surface area contributed by atoms with Gasteiger partial charge in [-0.2, -0.15) is 0 Å². The first-order valence-electron chi connectivity index (χ1n) is 3.68. The van der Waals surface area contributed by atoms with Gasteiger partial charge in [0, 0.05) is 22.0 Å². The Bertz CT molecular complexity index is 113. The van der Waals surface area contributed by atoms with Crippen molar-refractivity contribution in [1.82, 2.24) is 9.34 Å². The summed E-state index contributed by atoms with van der Waals surface area (Å²) in [6.07, 6.45) is 0. The van der Waals surface area contributed by atoms with Gasteiger partial charge in [-0.3, -0.25) is 9.34 Å². The minimum Gasteiger partial charge on any atom is -0.275 e. The predicted molar refractivity (Wildman–Crippen MR) is 47.4 cm³/mol. The van der Waals surface area contributed by atoms with Crippen molar-refractivity contribution in [2.45, 2.75) is 13.8 Å². The van der Waals surface area contributed by atoms with Crippen LogP contribution in [0.3, 0.4) is 0 Å². The first-order valence-corrected chi connectivity index (χ1v) is 4.58. The first kappa shape index (κ1) is 8.45. The molecule has 10 heavy (non-hydrogen) atoms. The average molecular weight is 160 g/mol. The molecule has 1 saturated heterocycles. The lowest BCUT2D eigenvalue weighted by atomic mass is 9.93. The molecule has 0 saturated carbocycles. The fourth-order valence-corrected chi connectivity index (χ4v) is 3.28. The Kier molecular flexibility index (Phi) is 2.34. The molecule has 1 aliphatic heterocycles. The normalized spacial score (nSPS) is 28.8. The summed E-state index contributed by atoms with van der Waals surface area (Å²) in [7, 11) is 5.26. The van der Waals surface area contributed by atoms with Gasteiger partial charge in [0.25, 0.3) is 0 Å². The fourth-order valence-electron chi connectivity index (χ4n) is 1.70. The van der Waals surface area contributed by atoms with Gasteiger partial charge in [0.05, 0.1) is 0 Å². The molecule has 0 amide bonds. The molecule has 1 rings (SSSR count). The lowest BCUT2D eigenvalue weighted by Gasteiger charge is -2.40. The SMILES string of the molecule is CN1CC(C)(C)CN(C)P1. The fraction of sp³-hybridized carbons (Fsp3) is 1.00. The summed E-state index contributed by atoms with van der Waals surface area (Å²) in [6.45, 7) is 7.11. The highest BCUT2D eigenvalue weighted by atomic mass is 31.1. The van der Waals surface area contributed by atoms with Crippen molar-refractivity contribution < 1.29 is 0 Å². The van der Waals surface area contributed by atoms with Crippen molar-refractivity contribution in [1.29, 1.82) is 0 Å². The molecule has 0 spiro atoms. The first-order chi connectivity index (χ1) is 4.49. The molecule has 0 radical (unpaired) electrons. The van der Waals surface area contributed by atoms with Gasteiger partial charge in [0.15, 0.2) is 0 Å². The second kappa shape index (κ2) is 2.77. The maximum absolute atomic E-state index is 2.39. The van der Waals surface area contributed by atoms with Gasteiger partial charge < -0.3 is 0 Å². The van der Waals surface area contributed by atoms with Gasteiger partial charge in [-0.15, -0.1) is 0 Å². The van der Waals surface area contributed by atoms with E-state index in [0.717, 1.165) is 8.88 Å². The highest BCUT2D eigenvalue weighted by Gasteiger charge is 2.27. The van der Waals surface area contributed by atoms with Crippen molar-refractivity contribution in [3.63, 3.8) is 0 Å². The second-order valence-corrected chi connectivity index (χ2v) is 5.70. The van der Waals surface area contributed by atoms with Crippen molar-refractivity contribution in [2.24, 2.45) is 5.41 Å². The van der Waals surface area contributed by atoms with Crippen molar-refractivity contribution in [3.8, 4) is 0 Å². The number of hydrogen-bond acceptors (Lipinski definition) is 2. The lowest BCUT2D eigenvalue weighted by molar-refractivity contribution is 0.210. The van der Waals surface area contributed by atoms with E-state index in [1.165, 1.54) is 13.1 Å². The number of hydrogen-bond donors (Lipinski definition) is 0. The van der Waals surface area contributed by atoms with Gasteiger partial charge >= 0.3 is 0 Å². The van der Waals surface area contributed by atoms with Crippen LogP contribution in [0.4, 0.5) is 0 Å². The summed E-state index contributed by atoms with van der Waals surface area (Å²) in [5.74, 6) is 0. The van der Waals surface area contributed by atoms with E-state index in [0.29, 0.717) is 5.41 Å². The Morgan fingerprint density at radius 2 is 1.50 bits per heavy atom. The zero-order chi connectivity index (χ0) is 7.78. The van der Waals surface area contributed by atoms with Gasteiger partial charge in [-0.05, 0) is 19.5 Å². The molecule has 60 valence electrons. The predicted octanol–water partition coefficient (Wildman–Crippen LogP) is 1.40. The van der Waals surface area contributed by atoms with Crippen LogP contribution >= 0.6 is 8.88 Å². The van der Waals surface area contributed by atoms with Gasteiger partial charge in [0.2, 0.25) is 0 Å². The van der Waals surface area contributed by atoms with Crippen LogP contribution in [0.15, 0.2) is 0 Å². The van der Waals surface area contributed by atoms with Gasteiger partial charge in [-0.1, -0.05) is 13.8 Å². The third kappa shape index (κ3) is 2.19. The van der Waals surface area contributed by atoms with Crippen LogP contribution in [-0.4, -0.2) is 36.5 Å². The maximum atomic E-state index is 2.39. The van der Waals surface area contributed by atoms with Crippen molar-refractivity contribution >= 4 is 8.88 Å². The van der Waals surface area contributed by atoms with E-state index < -0.39 is 0 Å². The molecule has 0 atom stereocenters. The van der Waals surface area contributed by atoms with E-state index in [-0.39, 0.29) is 0 Å². The van der Waals surface area contributed by atoms with E-state index in [2.05, 4.69) is 37.3 Å². The molecule has 3 heteroatoms. The van der Waals surface area contributed by atoms with E-state index in [9.17, 15) is 0 Å². The molecule has 1 fully saturated rings. The van der Waals surface area contributed by atoms with Crippen LogP contribution in [0.2, 0.25) is 0 Å². The summed E-state index contributed by atoms with van der Waals surface area (Å²) in [5, 5.41) is 0. The van der Waals surface area contributed by atoms with E-state index >= 15 is 0 Å². The molecule has 0 aliphatic carbocycles. The summed E-state index contributed by atoms with van der Waals surface area (Å²) in [4.78, 5) is 0. The Hall–Kier alpha value is 0.350. The van der Waals surface area contributed by atoms with E-state index in [4.69, 9.17) is 0 Å². The van der Waals surface area contributed by atoms with Crippen LogP contribution in [0.5, 0.6) is 0 Å². The molecule has 0 N–H and O–H groups in total. The molecular formula is C7H17N2P. The van der Waals surface area contributed by atoms with Crippen LogP contribution in [-0.2, 0) is 0 Å². The largest absolute Gasteiger partial charge is 0.275 e. The molecule has 0 aromatic rings. The van der Waals surface area contributed by atoms with Crippen LogP contribution < -0.4 is 0 Å². The molecule has 1 aliphatic rings. The van der Waals surface area contributed by atoms with Crippen LogP contribution in [0.1, 0.15) is 13.8 Å². The Balaban J connectivity index is 2.51. The molecule has 2 nitrogen and oxygen atoms in total. The Morgan fingerprint density at radius 3 is 1.80 bits per heavy atom. The summed E-state index contributed by atoms with van der Waals surface area (Å²) >= 11 is 0. The molecule has 0 aromatic carbocycles. The topological polar surface area (TPSA) is 6.48 Å².